The highest BCUT2D eigenvalue weighted by Gasteiger charge is 2.39. The fourth-order valence-corrected chi connectivity index (χ4v) is 4.88. The van der Waals surface area contributed by atoms with E-state index in [1.165, 1.54) is 0 Å². The number of carbonyl (C=O) groups is 2. The van der Waals surface area contributed by atoms with Crippen molar-refractivity contribution in [2.45, 2.75) is 49.1 Å². The highest BCUT2D eigenvalue weighted by atomic mass is 32.2. The molecule has 4 rings (SSSR count). The molecule has 1 aromatic heterocycles. The first-order valence-electron chi connectivity index (χ1n) is 11.0. The van der Waals surface area contributed by atoms with Crippen LogP contribution >= 0.6 is 0 Å². The lowest BCUT2D eigenvalue weighted by Crippen LogP contribution is -2.46. The Labute approximate surface area is 195 Å². The van der Waals surface area contributed by atoms with Crippen LogP contribution in [0.5, 0.6) is 0 Å². The van der Waals surface area contributed by atoms with Gasteiger partial charge in [-0.15, -0.1) is 0 Å². The van der Waals surface area contributed by atoms with Crippen molar-refractivity contribution in [2.24, 2.45) is 11.7 Å². The van der Waals surface area contributed by atoms with Crippen molar-refractivity contribution in [3.05, 3.63) is 41.6 Å². The molecule has 1 unspecified atom stereocenters. The van der Waals surface area contributed by atoms with Gasteiger partial charge in [-0.05, 0) is 43.4 Å². The Hall–Kier alpha value is -3.03. The number of benzene rings is 1. The summed E-state index contributed by atoms with van der Waals surface area (Å²) in [5, 5.41) is 16.8. The maximum Gasteiger partial charge on any atom is 0.254 e. The highest BCUT2D eigenvalue weighted by molar-refractivity contribution is 7.84. The number of anilines is 1. The van der Waals surface area contributed by atoms with Crippen LogP contribution in [0.2, 0.25) is 0 Å². The van der Waals surface area contributed by atoms with Crippen molar-refractivity contribution in [3.8, 4) is 6.07 Å². The second-order valence-electron chi connectivity index (χ2n) is 8.90. The minimum atomic E-state index is -1.03. The summed E-state index contributed by atoms with van der Waals surface area (Å²) in [7, 11) is -1.03. The zero-order chi connectivity index (χ0) is 23.6. The molecule has 33 heavy (non-hydrogen) atoms. The Kier molecular flexibility index (Phi) is 6.63. The van der Waals surface area contributed by atoms with Gasteiger partial charge in [0, 0.05) is 53.7 Å². The number of aromatic nitrogens is 2. The first kappa shape index (κ1) is 23.1. The number of likely N-dealkylation sites (tertiary alicyclic amines) is 1. The van der Waals surface area contributed by atoms with Gasteiger partial charge in [0.2, 0.25) is 5.91 Å². The maximum absolute atomic E-state index is 12.2. The van der Waals surface area contributed by atoms with E-state index >= 15 is 0 Å². The van der Waals surface area contributed by atoms with E-state index in [2.05, 4.69) is 21.4 Å². The lowest BCUT2D eigenvalue weighted by atomic mass is 9.84. The number of carbonyl (C=O) groups excluding carboxylic acids is 2. The summed E-state index contributed by atoms with van der Waals surface area (Å²) in [4.78, 5) is 27.3. The van der Waals surface area contributed by atoms with Gasteiger partial charge in [-0.3, -0.25) is 23.4 Å². The van der Waals surface area contributed by atoms with Crippen LogP contribution in [0.25, 0.3) is 0 Å². The van der Waals surface area contributed by atoms with E-state index < -0.39 is 22.2 Å². The minimum absolute atomic E-state index is 0.0316. The van der Waals surface area contributed by atoms with Gasteiger partial charge in [0.25, 0.3) is 5.91 Å². The molecule has 2 fully saturated rings. The van der Waals surface area contributed by atoms with Crippen molar-refractivity contribution in [3.63, 3.8) is 0 Å². The van der Waals surface area contributed by atoms with Crippen LogP contribution in [0.3, 0.4) is 0 Å². The number of hydrogen-bond donors (Lipinski definition) is 2. The summed E-state index contributed by atoms with van der Waals surface area (Å²) in [5.41, 5.74) is 6.22. The van der Waals surface area contributed by atoms with E-state index in [-0.39, 0.29) is 29.6 Å². The number of nitrogens with two attached hydrogens (primary N) is 1. The molecule has 1 aliphatic heterocycles. The third kappa shape index (κ3) is 5.15. The van der Waals surface area contributed by atoms with E-state index in [0.29, 0.717) is 12.8 Å². The van der Waals surface area contributed by atoms with Crippen molar-refractivity contribution in [1.29, 1.82) is 5.26 Å². The Morgan fingerprint density at radius 3 is 2.67 bits per heavy atom. The van der Waals surface area contributed by atoms with Gasteiger partial charge in [0.05, 0.1) is 18.0 Å². The van der Waals surface area contributed by atoms with Gasteiger partial charge in [0.1, 0.15) is 5.56 Å². The Morgan fingerprint density at radius 2 is 2.06 bits per heavy atom. The molecule has 9 nitrogen and oxygen atoms in total. The third-order valence-electron chi connectivity index (χ3n) is 6.49. The number of hydrogen-bond acceptors (Lipinski definition) is 6. The molecule has 10 heteroatoms. The molecule has 0 spiro atoms. The molecule has 0 radical (unpaired) electrons. The second-order valence-corrected chi connectivity index (χ2v) is 10.3. The summed E-state index contributed by atoms with van der Waals surface area (Å²) in [6, 6.07) is 10.0. The smallest absolute Gasteiger partial charge is 0.254 e. The summed E-state index contributed by atoms with van der Waals surface area (Å²) in [6.45, 7) is 2.19. The van der Waals surface area contributed by atoms with Gasteiger partial charge >= 0.3 is 0 Å². The fraction of sp³-hybridized carbons (Fsp3) is 0.478. The molecule has 2 aromatic rings. The molecule has 2 heterocycles. The first-order chi connectivity index (χ1) is 15.8. The molecular formula is C23H28N6O3S. The zero-order valence-electron chi connectivity index (χ0n) is 18.6. The van der Waals surface area contributed by atoms with Crippen LogP contribution in [0, 0.1) is 17.2 Å². The van der Waals surface area contributed by atoms with Gasteiger partial charge in [0.15, 0.2) is 5.82 Å². The predicted molar refractivity (Wildman–Crippen MR) is 124 cm³/mol. The minimum Gasteiger partial charge on any atom is -0.365 e. The molecule has 174 valence electrons. The van der Waals surface area contributed by atoms with E-state index in [1.54, 1.807) is 17.1 Å². The lowest BCUT2D eigenvalue weighted by molar-refractivity contribution is -0.117. The number of primary amides is 1. The molecule has 1 saturated carbocycles. The Morgan fingerprint density at radius 1 is 1.33 bits per heavy atom. The number of nitrogens with one attached hydrogen (secondary N) is 1. The number of amides is 2. The molecule has 1 saturated heterocycles. The van der Waals surface area contributed by atoms with Gasteiger partial charge in [-0.2, -0.15) is 10.4 Å². The van der Waals surface area contributed by atoms with Crippen molar-refractivity contribution < 1.29 is 13.8 Å². The molecule has 1 aromatic carbocycles. The summed E-state index contributed by atoms with van der Waals surface area (Å²) in [5.74, 6) is -0.674. The zero-order valence-corrected chi connectivity index (χ0v) is 19.4. The summed E-state index contributed by atoms with van der Waals surface area (Å²) in [6.07, 6.45) is 6.47. The standard InChI is InChI=1S/C23H28N6O3S/c1-33(32)18-4-2-3-16(13-18)14-28-11-8-23(7-10-24,9-12-28)29-15-19(20(25)30)21(27-29)26-22(31)17-5-6-17/h2-4,13,15,17H,5-9,11-12,14H2,1H3,(H2,25,30)(H,26,27,31). The second kappa shape index (κ2) is 9.45. The number of rotatable bonds is 8. The van der Waals surface area contributed by atoms with Crippen molar-refractivity contribution in [1.82, 2.24) is 14.7 Å². The normalized spacial score (nSPS) is 18.9. The quantitative estimate of drug-likeness (QED) is 0.608. The van der Waals surface area contributed by atoms with Crippen LogP contribution in [0.4, 0.5) is 5.82 Å². The summed E-state index contributed by atoms with van der Waals surface area (Å²) < 4.78 is 13.5. The van der Waals surface area contributed by atoms with Crippen molar-refractivity contribution in [2.75, 3.05) is 24.7 Å². The molecule has 0 bridgehead atoms. The maximum atomic E-state index is 12.2. The Bertz CT molecular complexity index is 1130. The van der Waals surface area contributed by atoms with Crippen LogP contribution in [0.15, 0.2) is 35.4 Å². The Balaban J connectivity index is 1.51. The van der Waals surface area contributed by atoms with Crippen LogP contribution in [-0.2, 0) is 27.7 Å². The molecule has 2 amide bonds. The number of nitrogens with zero attached hydrogens (tertiary/aromatic N) is 4. The number of piperidine rings is 1. The molecule has 1 aliphatic carbocycles. The SMILES string of the molecule is CS(=O)c1cccc(CN2CCC(CC#N)(n3cc(C(N)=O)c(NC(=O)C4CC4)n3)CC2)c1. The molecule has 1 atom stereocenters. The first-order valence-corrected chi connectivity index (χ1v) is 12.6. The van der Waals surface area contributed by atoms with Crippen LogP contribution < -0.4 is 11.1 Å². The monoisotopic (exact) mass is 468 g/mol. The predicted octanol–water partition coefficient (Wildman–Crippen LogP) is 1.97. The molecular weight excluding hydrogens is 440 g/mol. The van der Waals surface area contributed by atoms with E-state index in [4.69, 9.17) is 5.73 Å². The average Bonchev–Trinajstić information content (AvgIpc) is 3.55. The van der Waals surface area contributed by atoms with Crippen LogP contribution in [0.1, 0.15) is 48.0 Å². The highest BCUT2D eigenvalue weighted by Crippen LogP contribution is 2.36. The van der Waals surface area contributed by atoms with Crippen LogP contribution in [-0.4, -0.2) is 50.0 Å². The third-order valence-corrected chi connectivity index (χ3v) is 7.40. The van der Waals surface area contributed by atoms with E-state index in [9.17, 15) is 19.1 Å². The van der Waals surface area contributed by atoms with Gasteiger partial charge in [-0.25, -0.2) is 0 Å². The van der Waals surface area contributed by atoms with Gasteiger partial charge < -0.3 is 11.1 Å². The summed E-state index contributed by atoms with van der Waals surface area (Å²) >= 11 is 0. The number of nitriles is 1. The average molecular weight is 469 g/mol. The molecule has 2 aliphatic rings. The lowest BCUT2D eigenvalue weighted by Gasteiger charge is -2.40. The topological polar surface area (TPSA) is 134 Å². The largest absolute Gasteiger partial charge is 0.365 e. The van der Waals surface area contributed by atoms with Crippen molar-refractivity contribution >= 4 is 28.4 Å². The van der Waals surface area contributed by atoms with E-state index in [0.717, 1.165) is 42.9 Å². The van der Waals surface area contributed by atoms with Gasteiger partial charge in [-0.1, -0.05) is 12.1 Å². The van der Waals surface area contributed by atoms with E-state index in [1.807, 2.05) is 24.3 Å². The fourth-order valence-electron chi connectivity index (χ4n) is 4.30. The molecule has 3 N–H and O–H groups in total.